The van der Waals surface area contributed by atoms with Gasteiger partial charge in [0.15, 0.2) is 14.6 Å². The Morgan fingerprint density at radius 3 is 2.78 bits per heavy atom. The lowest BCUT2D eigenvalue weighted by Crippen LogP contribution is -2.47. The number of aliphatic carboxylic acids is 1. The Kier molecular flexibility index (Phi) is 6.95. The summed E-state index contributed by atoms with van der Waals surface area (Å²) < 4.78 is 43.1. The number of sulfone groups is 1. The number of carboxylic acids is 1. The molecule has 1 aliphatic heterocycles. The molecule has 1 fully saturated rings. The van der Waals surface area contributed by atoms with E-state index in [0.29, 0.717) is 16.6 Å². The first-order valence-corrected chi connectivity index (χ1v) is 12.4. The topological polar surface area (TPSA) is 119 Å². The molecule has 0 spiro atoms. The first kappa shape index (κ1) is 24.2. The smallest absolute Gasteiger partial charge is 0.381 e. The monoisotopic (exact) mass is 529 g/mol. The lowest BCUT2D eigenvalue weighted by Gasteiger charge is -2.27. The van der Waals surface area contributed by atoms with Gasteiger partial charge in [-0.1, -0.05) is 27.0 Å². The van der Waals surface area contributed by atoms with Crippen molar-refractivity contribution in [3.8, 4) is 11.8 Å². The van der Waals surface area contributed by atoms with Crippen molar-refractivity contribution in [3.63, 3.8) is 0 Å². The maximum absolute atomic E-state index is 14.2. The molecule has 172 valence electrons. The molecule has 0 saturated heterocycles. The van der Waals surface area contributed by atoms with Crippen LogP contribution in [-0.2, 0) is 29.0 Å². The van der Waals surface area contributed by atoms with Gasteiger partial charge in [0.1, 0.15) is 11.9 Å². The van der Waals surface area contributed by atoms with Crippen molar-refractivity contribution in [1.29, 1.82) is 0 Å². The molecule has 1 N–H and O–H groups in total. The van der Waals surface area contributed by atoms with E-state index in [-0.39, 0.29) is 36.8 Å². The second-order valence-corrected chi connectivity index (χ2v) is 11.4. The van der Waals surface area contributed by atoms with E-state index in [0.717, 1.165) is 6.26 Å². The fourth-order valence-electron chi connectivity index (χ4n) is 3.34. The number of hydrogen-bond acceptors (Lipinski definition) is 7. The molecule has 1 aliphatic carbocycles. The number of ether oxygens (including phenoxy) is 1. The zero-order chi connectivity index (χ0) is 23.7. The Labute approximate surface area is 193 Å². The van der Waals surface area contributed by atoms with E-state index in [1.807, 2.05) is 5.92 Å². The highest BCUT2D eigenvalue weighted by Gasteiger charge is 2.49. The number of esters is 1. The molecular formula is C21H21BrFNO7S. The predicted octanol–water partition coefficient (Wildman–Crippen LogP) is 2.54. The maximum Gasteiger partial charge on any atom is 0.381 e. The van der Waals surface area contributed by atoms with Gasteiger partial charge in [-0.3, -0.25) is 4.79 Å². The molecule has 3 rings (SSSR count). The summed E-state index contributed by atoms with van der Waals surface area (Å²) in [5, 5.41) is 12.5. The molecule has 1 aromatic rings. The summed E-state index contributed by atoms with van der Waals surface area (Å²) in [6.45, 7) is 1.21. The lowest BCUT2D eigenvalue weighted by atomic mass is 9.97. The van der Waals surface area contributed by atoms with Crippen LogP contribution in [0.4, 0.5) is 4.39 Å². The van der Waals surface area contributed by atoms with E-state index in [1.54, 1.807) is 6.07 Å². The molecule has 1 aromatic carbocycles. The van der Waals surface area contributed by atoms with E-state index < -0.39 is 38.4 Å². The molecule has 32 heavy (non-hydrogen) atoms. The fraction of sp³-hybridized carbons (Fsp3) is 0.476. The van der Waals surface area contributed by atoms with Crippen molar-refractivity contribution in [2.45, 2.75) is 37.0 Å². The van der Waals surface area contributed by atoms with E-state index in [1.165, 1.54) is 19.1 Å². The second-order valence-electron chi connectivity index (χ2n) is 8.08. The van der Waals surface area contributed by atoms with E-state index >= 15 is 0 Å². The molecule has 2 aliphatic rings. The average molecular weight is 530 g/mol. The van der Waals surface area contributed by atoms with Gasteiger partial charge in [0.05, 0.1) is 12.3 Å². The van der Waals surface area contributed by atoms with Crippen LogP contribution in [0, 0.1) is 29.5 Å². The molecule has 11 heteroatoms. The Morgan fingerprint density at radius 2 is 2.16 bits per heavy atom. The van der Waals surface area contributed by atoms with Gasteiger partial charge in [-0.15, -0.1) is 0 Å². The van der Waals surface area contributed by atoms with Gasteiger partial charge < -0.3 is 14.7 Å². The number of oxime groups is 1. The third kappa shape index (κ3) is 5.48. The minimum atomic E-state index is -3.90. The first-order chi connectivity index (χ1) is 14.9. The minimum Gasteiger partial charge on any atom is -0.472 e. The van der Waals surface area contributed by atoms with Gasteiger partial charge in [0.25, 0.3) is 0 Å². The molecule has 0 radical (unpaired) electrons. The third-order valence-electron chi connectivity index (χ3n) is 5.56. The van der Waals surface area contributed by atoms with Crippen LogP contribution in [0.5, 0.6) is 0 Å². The second kappa shape index (κ2) is 9.19. The third-order valence-corrected chi connectivity index (χ3v) is 8.02. The summed E-state index contributed by atoms with van der Waals surface area (Å²) in [7, 11) is -3.90. The van der Waals surface area contributed by atoms with Crippen LogP contribution in [-0.4, -0.2) is 54.9 Å². The Balaban J connectivity index is 1.63. The van der Waals surface area contributed by atoms with Crippen LogP contribution in [0.3, 0.4) is 0 Å². The van der Waals surface area contributed by atoms with E-state index in [9.17, 15) is 22.4 Å². The quantitative estimate of drug-likeness (QED) is 0.425. The zero-order valence-electron chi connectivity index (χ0n) is 17.3. The van der Waals surface area contributed by atoms with Crippen molar-refractivity contribution >= 4 is 43.4 Å². The van der Waals surface area contributed by atoms with E-state index in [2.05, 4.69) is 27.0 Å². The predicted molar refractivity (Wildman–Crippen MR) is 116 cm³/mol. The highest BCUT2D eigenvalue weighted by atomic mass is 79.9. The standard InChI is InChI=1S/C21H21BrFNO7S/c1-21(32(2,28)29,20(27)30-11-13-7-12(13)3-6-19(25)26)10-15-9-18(24-31-15)16-5-4-14(22)8-17(16)23/h4-5,8,12-13,15H,7,9-11H2,1-2H3,(H,25,26). The van der Waals surface area contributed by atoms with Crippen molar-refractivity contribution < 1.29 is 37.1 Å². The lowest BCUT2D eigenvalue weighted by molar-refractivity contribution is -0.148. The summed E-state index contributed by atoms with van der Waals surface area (Å²) in [5.74, 6) is 1.59. The van der Waals surface area contributed by atoms with Crippen LogP contribution in [0.2, 0.25) is 0 Å². The molecule has 1 saturated carbocycles. The number of carbonyl (C=O) groups excluding carboxylic acids is 1. The number of carbonyl (C=O) groups is 2. The highest BCUT2D eigenvalue weighted by Crippen LogP contribution is 2.39. The van der Waals surface area contributed by atoms with Crippen LogP contribution in [0.25, 0.3) is 0 Å². The number of rotatable bonds is 7. The van der Waals surface area contributed by atoms with Crippen molar-refractivity contribution in [2.24, 2.45) is 17.0 Å². The number of benzene rings is 1. The number of hydrogen-bond donors (Lipinski definition) is 1. The SMILES string of the molecule is CC(CC1CC(c2ccc(Br)cc2F)=NO1)(C(=O)OCC1CC1C#CC(=O)O)S(C)(=O)=O. The largest absolute Gasteiger partial charge is 0.472 e. The summed E-state index contributed by atoms with van der Waals surface area (Å²) in [5.41, 5.74) is 0.559. The summed E-state index contributed by atoms with van der Waals surface area (Å²) in [6, 6.07) is 4.47. The van der Waals surface area contributed by atoms with Gasteiger partial charge in [-0.05, 0) is 31.5 Å². The molecule has 0 aromatic heterocycles. The molecular weight excluding hydrogens is 509 g/mol. The van der Waals surface area contributed by atoms with Gasteiger partial charge in [-0.2, -0.15) is 0 Å². The van der Waals surface area contributed by atoms with Crippen molar-refractivity contribution in [2.75, 3.05) is 12.9 Å². The highest BCUT2D eigenvalue weighted by molar-refractivity contribution is 9.10. The van der Waals surface area contributed by atoms with Gasteiger partial charge in [0, 0.05) is 46.9 Å². The van der Waals surface area contributed by atoms with Crippen LogP contribution < -0.4 is 0 Å². The fourth-order valence-corrected chi connectivity index (χ4v) is 4.52. The van der Waals surface area contributed by atoms with Crippen LogP contribution in [0.1, 0.15) is 31.7 Å². The molecule has 0 bridgehead atoms. The van der Waals surface area contributed by atoms with Crippen molar-refractivity contribution in [1.82, 2.24) is 0 Å². The Bertz CT molecular complexity index is 1140. The molecule has 4 atom stereocenters. The maximum atomic E-state index is 14.2. The molecule has 8 nitrogen and oxygen atoms in total. The van der Waals surface area contributed by atoms with E-state index in [4.69, 9.17) is 14.7 Å². The zero-order valence-corrected chi connectivity index (χ0v) is 19.7. The summed E-state index contributed by atoms with van der Waals surface area (Å²) >= 11 is 3.18. The Hall–Kier alpha value is -2.45. The summed E-state index contributed by atoms with van der Waals surface area (Å²) in [6.07, 6.45) is 0.674. The van der Waals surface area contributed by atoms with Crippen LogP contribution in [0.15, 0.2) is 27.8 Å². The normalized spacial score (nSPS) is 23.8. The molecule has 4 unspecified atom stereocenters. The number of carboxylic acid groups (broad SMARTS) is 1. The number of halogens is 2. The molecule has 1 heterocycles. The summed E-state index contributed by atoms with van der Waals surface area (Å²) in [4.78, 5) is 28.6. The van der Waals surface area contributed by atoms with Gasteiger partial charge >= 0.3 is 11.9 Å². The van der Waals surface area contributed by atoms with Gasteiger partial charge in [0.2, 0.25) is 0 Å². The Morgan fingerprint density at radius 1 is 1.44 bits per heavy atom. The average Bonchev–Trinajstić information content (AvgIpc) is 3.30. The first-order valence-electron chi connectivity index (χ1n) is 9.70. The van der Waals surface area contributed by atoms with Gasteiger partial charge in [-0.25, -0.2) is 17.6 Å². The number of nitrogens with zero attached hydrogens (tertiary/aromatic N) is 1. The van der Waals surface area contributed by atoms with Crippen molar-refractivity contribution in [3.05, 3.63) is 34.1 Å². The van der Waals surface area contributed by atoms with Crippen LogP contribution >= 0.6 is 15.9 Å². The molecule has 0 amide bonds. The minimum absolute atomic E-state index is 0.0553.